The number of nitrogens with one attached hydrogen (secondary N) is 2. The van der Waals surface area contributed by atoms with Crippen LogP contribution in [0.1, 0.15) is 18.1 Å². The van der Waals surface area contributed by atoms with E-state index in [9.17, 15) is 4.79 Å². The molecule has 3 aromatic rings. The van der Waals surface area contributed by atoms with Gasteiger partial charge < -0.3 is 9.47 Å². The van der Waals surface area contributed by atoms with Gasteiger partial charge in [-0.3, -0.25) is 4.79 Å². The number of rotatable bonds is 9. The number of carbonyl (C=O) groups is 1. The molecule has 29 heavy (non-hydrogen) atoms. The van der Waals surface area contributed by atoms with Crippen LogP contribution in [0.4, 0.5) is 5.95 Å². The molecule has 0 atom stereocenters. The fourth-order valence-electron chi connectivity index (χ4n) is 2.31. The molecule has 0 amide bonds. The van der Waals surface area contributed by atoms with E-state index in [1.165, 1.54) is 11.8 Å². The molecular formula is C20H21N5O3S. The maximum absolute atomic E-state index is 11.9. The molecule has 2 aromatic carbocycles. The van der Waals surface area contributed by atoms with Gasteiger partial charge in [0, 0.05) is 5.56 Å². The van der Waals surface area contributed by atoms with Crippen LogP contribution in [0.2, 0.25) is 0 Å². The average molecular weight is 411 g/mol. The monoisotopic (exact) mass is 411 g/mol. The highest BCUT2D eigenvalue weighted by Gasteiger charge is 2.09. The zero-order valence-electron chi connectivity index (χ0n) is 16.1. The molecule has 0 fully saturated rings. The summed E-state index contributed by atoms with van der Waals surface area (Å²) in [5, 5.41) is 11.5. The summed E-state index contributed by atoms with van der Waals surface area (Å²) in [5.74, 6) is 0.933. The Hall–Kier alpha value is -3.33. The molecule has 2 N–H and O–H groups in total. The third-order valence-corrected chi connectivity index (χ3v) is 4.66. The largest absolute Gasteiger partial charge is 0.497 e. The second-order valence-corrected chi connectivity index (χ2v) is 6.89. The van der Waals surface area contributed by atoms with Gasteiger partial charge >= 0.3 is 5.97 Å². The van der Waals surface area contributed by atoms with Crippen LogP contribution in [-0.4, -0.2) is 39.7 Å². The quantitative estimate of drug-likeness (QED) is 0.240. The first-order valence-corrected chi connectivity index (χ1v) is 9.82. The number of ether oxygens (including phenoxy) is 2. The van der Waals surface area contributed by atoms with Crippen molar-refractivity contribution in [1.29, 1.82) is 0 Å². The molecule has 0 saturated heterocycles. The number of anilines is 1. The Morgan fingerprint density at radius 2 is 2.03 bits per heavy atom. The average Bonchev–Trinajstić information content (AvgIpc) is 3.23. The molecule has 0 saturated carbocycles. The van der Waals surface area contributed by atoms with Crippen molar-refractivity contribution in [3.8, 4) is 5.75 Å². The lowest BCUT2D eigenvalue weighted by atomic mass is 10.1. The van der Waals surface area contributed by atoms with Crippen LogP contribution >= 0.6 is 11.8 Å². The van der Waals surface area contributed by atoms with E-state index >= 15 is 0 Å². The van der Waals surface area contributed by atoms with E-state index in [-0.39, 0.29) is 18.3 Å². The number of esters is 1. The van der Waals surface area contributed by atoms with Gasteiger partial charge in [0.25, 0.3) is 0 Å². The van der Waals surface area contributed by atoms with E-state index in [4.69, 9.17) is 9.47 Å². The van der Waals surface area contributed by atoms with Crippen LogP contribution in [-0.2, 0) is 16.1 Å². The van der Waals surface area contributed by atoms with E-state index in [2.05, 4.69) is 25.7 Å². The van der Waals surface area contributed by atoms with Gasteiger partial charge in [-0.2, -0.15) is 10.1 Å². The summed E-state index contributed by atoms with van der Waals surface area (Å²) in [6.45, 7) is 2.12. The Morgan fingerprint density at radius 3 is 2.83 bits per heavy atom. The van der Waals surface area contributed by atoms with Gasteiger partial charge in [0.2, 0.25) is 11.1 Å². The van der Waals surface area contributed by atoms with E-state index in [1.807, 2.05) is 61.5 Å². The number of methoxy groups -OCH3 is 1. The van der Waals surface area contributed by atoms with Gasteiger partial charge in [-0.05, 0) is 24.6 Å². The van der Waals surface area contributed by atoms with Crippen LogP contribution in [0.3, 0.4) is 0 Å². The van der Waals surface area contributed by atoms with Crippen molar-refractivity contribution in [3.63, 3.8) is 0 Å². The number of H-pyrrole nitrogens is 1. The SMILES string of the molecule is COc1cccc(/C(C)=N/Nc2nc(SCC(=O)OCc3ccccc3)n[nH]2)c1. The zero-order valence-corrected chi connectivity index (χ0v) is 16.9. The highest BCUT2D eigenvalue weighted by Crippen LogP contribution is 2.16. The van der Waals surface area contributed by atoms with Gasteiger partial charge in [-0.25, -0.2) is 10.5 Å². The van der Waals surface area contributed by atoms with E-state index in [0.29, 0.717) is 11.1 Å². The summed E-state index contributed by atoms with van der Waals surface area (Å²) in [6.07, 6.45) is 0. The number of aromatic nitrogens is 3. The third kappa shape index (κ3) is 6.35. The summed E-state index contributed by atoms with van der Waals surface area (Å²) in [6, 6.07) is 17.1. The summed E-state index contributed by atoms with van der Waals surface area (Å²) in [7, 11) is 1.62. The molecule has 1 aromatic heterocycles. The lowest BCUT2D eigenvalue weighted by molar-refractivity contribution is -0.141. The molecular weight excluding hydrogens is 390 g/mol. The normalized spacial score (nSPS) is 11.2. The van der Waals surface area contributed by atoms with Crippen LogP contribution in [0.5, 0.6) is 5.75 Å². The van der Waals surface area contributed by atoms with Crippen LogP contribution in [0.25, 0.3) is 0 Å². The second-order valence-electron chi connectivity index (χ2n) is 5.94. The minimum atomic E-state index is -0.329. The minimum absolute atomic E-state index is 0.121. The molecule has 150 valence electrons. The van der Waals surface area contributed by atoms with Crippen molar-refractivity contribution >= 4 is 29.4 Å². The fourth-order valence-corrected chi connectivity index (χ4v) is 2.91. The van der Waals surface area contributed by atoms with Crippen molar-refractivity contribution in [1.82, 2.24) is 15.2 Å². The topological polar surface area (TPSA) is 101 Å². The summed E-state index contributed by atoms with van der Waals surface area (Å²) >= 11 is 1.19. The number of benzene rings is 2. The number of aromatic amines is 1. The Morgan fingerprint density at radius 1 is 1.21 bits per heavy atom. The molecule has 8 nitrogen and oxygen atoms in total. The van der Waals surface area contributed by atoms with Crippen molar-refractivity contribution in [2.45, 2.75) is 18.7 Å². The standard InChI is InChI=1S/C20H21N5O3S/c1-14(16-9-6-10-17(11-16)27-2)22-23-19-21-20(25-24-19)29-13-18(26)28-12-15-7-4-3-5-8-15/h3-11H,12-13H2,1-2H3,(H2,21,23,24,25)/b22-14+. The van der Waals surface area contributed by atoms with Crippen LogP contribution in [0.15, 0.2) is 64.9 Å². The molecule has 0 bridgehead atoms. The smallest absolute Gasteiger partial charge is 0.316 e. The predicted molar refractivity (Wildman–Crippen MR) is 112 cm³/mol. The van der Waals surface area contributed by atoms with Gasteiger partial charge in [0.05, 0.1) is 18.6 Å². The van der Waals surface area contributed by atoms with Crippen molar-refractivity contribution in [3.05, 3.63) is 65.7 Å². The molecule has 0 radical (unpaired) electrons. The second kappa shape index (κ2) is 10.3. The van der Waals surface area contributed by atoms with E-state index in [1.54, 1.807) is 7.11 Å². The number of nitrogens with zero attached hydrogens (tertiary/aromatic N) is 3. The molecule has 1 heterocycles. The van der Waals surface area contributed by atoms with Crippen LogP contribution < -0.4 is 10.2 Å². The zero-order chi connectivity index (χ0) is 20.5. The first kappa shape index (κ1) is 20.4. The molecule has 0 aliphatic rings. The fraction of sp³-hybridized carbons (Fsp3) is 0.200. The highest BCUT2D eigenvalue weighted by atomic mass is 32.2. The van der Waals surface area contributed by atoms with E-state index in [0.717, 1.165) is 22.6 Å². The molecule has 0 aliphatic heterocycles. The molecule has 0 unspecified atom stereocenters. The number of hydrogen-bond donors (Lipinski definition) is 2. The Labute approximate surface area is 172 Å². The number of thioether (sulfide) groups is 1. The third-order valence-electron chi connectivity index (χ3n) is 3.84. The Balaban J connectivity index is 1.47. The summed E-state index contributed by atoms with van der Waals surface area (Å²) in [4.78, 5) is 16.1. The van der Waals surface area contributed by atoms with Gasteiger partial charge in [-0.1, -0.05) is 54.2 Å². The minimum Gasteiger partial charge on any atom is -0.497 e. The molecule has 0 aliphatic carbocycles. The summed E-state index contributed by atoms with van der Waals surface area (Å²) < 4.78 is 10.4. The highest BCUT2D eigenvalue weighted by molar-refractivity contribution is 7.99. The van der Waals surface area contributed by atoms with Crippen molar-refractivity contribution < 1.29 is 14.3 Å². The lowest BCUT2D eigenvalue weighted by Crippen LogP contribution is -2.07. The van der Waals surface area contributed by atoms with Gasteiger partial charge in [0.1, 0.15) is 12.4 Å². The van der Waals surface area contributed by atoms with Gasteiger partial charge in [0.15, 0.2) is 0 Å². The predicted octanol–water partition coefficient (Wildman–Crippen LogP) is 3.48. The number of hydrogen-bond acceptors (Lipinski definition) is 8. The van der Waals surface area contributed by atoms with Crippen LogP contribution in [0, 0.1) is 0 Å². The molecule has 3 rings (SSSR count). The first-order valence-electron chi connectivity index (χ1n) is 8.83. The van der Waals surface area contributed by atoms with Gasteiger partial charge in [-0.15, -0.1) is 5.10 Å². The van der Waals surface area contributed by atoms with E-state index < -0.39 is 0 Å². The molecule has 0 spiro atoms. The molecule has 9 heteroatoms. The Bertz CT molecular complexity index is 975. The van der Waals surface area contributed by atoms with Crippen molar-refractivity contribution in [2.75, 3.05) is 18.3 Å². The maximum atomic E-state index is 11.9. The lowest BCUT2D eigenvalue weighted by Gasteiger charge is -2.04. The number of hydrazone groups is 1. The maximum Gasteiger partial charge on any atom is 0.316 e. The van der Waals surface area contributed by atoms with Crippen molar-refractivity contribution in [2.24, 2.45) is 5.10 Å². The number of carbonyl (C=O) groups excluding carboxylic acids is 1. The first-order chi connectivity index (χ1) is 14.1. The summed E-state index contributed by atoms with van der Waals surface area (Å²) in [5.41, 5.74) is 5.45. The Kier molecular flexibility index (Phi) is 7.23.